The third-order valence-corrected chi connectivity index (χ3v) is 6.40. The monoisotopic (exact) mass is 477 g/mol. The zero-order valence-corrected chi connectivity index (χ0v) is 19.4. The number of esters is 1. The highest BCUT2D eigenvalue weighted by Crippen LogP contribution is 2.30. The molecule has 0 spiro atoms. The molecule has 0 saturated heterocycles. The maximum atomic E-state index is 12.4. The molecule has 1 amide bonds. The zero-order chi connectivity index (χ0) is 23.2. The molecule has 33 heavy (non-hydrogen) atoms. The lowest BCUT2D eigenvalue weighted by Crippen LogP contribution is -2.14. The van der Waals surface area contributed by atoms with Crippen LogP contribution in [-0.2, 0) is 9.53 Å². The lowest BCUT2D eigenvalue weighted by molar-refractivity contribution is -0.113. The number of carbonyl (C=O) groups excluding carboxylic acids is 2. The molecule has 10 heteroatoms. The number of hydrogen-bond acceptors (Lipinski definition) is 9. The van der Waals surface area contributed by atoms with E-state index in [1.54, 1.807) is 6.92 Å². The second-order valence-corrected chi connectivity index (χ2v) is 8.73. The van der Waals surface area contributed by atoms with Gasteiger partial charge in [-0.05, 0) is 6.92 Å². The van der Waals surface area contributed by atoms with Crippen molar-refractivity contribution in [2.75, 3.05) is 18.2 Å². The summed E-state index contributed by atoms with van der Waals surface area (Å²) in [6.07, 6.45) is 0. The van der Waals surface area contributed by atoms with Gasteiger partial charge in [0.15, 0.2) is 5.13 Å². The smallest absolute Gasteiger partial charge is 0.350 e. The van der Waals surface area contributed by atoms with E-state index < -0.39 is 5.97 Å². The largest absolute Gasteiger partial charge is 0.465 e. The molecule has 0 saturated carbocycles. The zero-order valence-electron chi connectivity index (χ0n) is 17.8. The van der Waals surface area contributed by atoms with Crippen molar-refractivity contribution in [2.45, 2.75) is 12.1 Å². The van der Waals surface area contributed by atoms with Crippen LogP contribution in [0.5, 0.6) is 0 Å². The maximum Gasteiger partial charge on any atom is 0.350 e. The molecule has 2 aromatic carbocycles. The molecule has 0 bridgehead atoms. The number of rotatable bonds is 7. The number of ether oxygens (including phenoxy) is 1. The normalized spacial score (nSPS) is 10.6. The molecular weight excluding hydrogens is 458 g/mol. The Labute approximate surface area is 198 Å². The van der Waals surface area contributed by atoms with Crippen molar-refractivity contribution in [3.63, 3.8) is 0 Å². The van der Waals surface area contributed by atoms with Crippen molar-refractivity contribution in [3.05, 3.63) is 71.2 Å². The predicted molar refractivity (Wildman–Crippen MR) is 128 cm³/mol. The van der Waals surface area contributed by atoms with Crippen molar-refractivity contribution in [2.24, 2.45) is 0 Å². The summed E-state index contributed by atoms with van der Waals surface area (Å²) >= 11 is 2.24. The Morgan fingerprint density at radius 3 is 2.21 bits per heavy atom. The minimum absolute atomic E-state index is 0.0623. The molecule has 0 unspecified atom stereocenters. The van der Waals surface area contributed by atoms with Crippen molar-refractivity contribution < 1.29 is 14.3 Å². The summed E-state index contributed by atoms with van der Waals surface area (Å²) in [5, 5.41) is 12.0. The van der Waals surface area contributed by atoms with Crippen molar-refractivity contribution >= 4 is 40.1 Å². The molecule has 0 atom stereocenters. The number of anilines is 1. The van der Waals surface area contributed by atoms with Gasteiger partial charge in [0.05, 0.1) is 18.6 Å². The minimum atomic E-state index is -0.480. The Hall–Kier alpha value is -3.63. The molecule has 0 aliphatic rings. The molecule has 0 aliphatic carbocycles. The van der Waals surface area contributed by atoms with Gasteiger partial charge in [0.1, 0.15) is 16.3 Å². The van der Waals surface area contributed by atoms with Crippen LogP contribution in [0.2, 0.25) is 0 Å². The Kier molecular flexibility index (Phi) is 7.06. The molecular formula is C23H19N5O3S2. The van der Waals surface area contributed by atoms with Crippen molar-refractivity contribution in [1.82, 2.24) is 20.2 Å². The average Bonchev–Trinajstić information content (AvgIpc) is 3.22. The fourth-order valence-corrected chi connectivity index (χ4v) is 4.46. The van der Waals surface area contributed by atoms with Gasteiger partial charge >= 0.3 is 5.97 Å². The highest BCUT2D eigenvalue weighted by atomic mass is 32.2. The number of thioether (sulfide) groups is 1. The summed E-state index contributed by atoms with van der Waals surface area (Å²) in [5.41, 5.74) is 3.69. The van der Waals surface area contributed by atoms with Gasteiger partial charge in [-0.1, -0.05) is 83.8 Å². The van der Waals surface area contributed by atoms with Gasteiger partial charge in [0.2, 0.25) is 11.1 Å². The van der Waals surface area contributed by atoms with E-state index in [4.69, 9.17) is 4.74 Å². The van der Waals surface area contributed by atoms with Crippen LogP contribution in [-0.4, -0.2) is 44.9 Å². The number of nitrogens with one attached hydrogen (secondary N) is 1. The highest BCUT2D eigenvalue weighted by Gasteiger charge is 2.18. The fourth-order valence-electron chi connectivity index (χ4n) is 2.98. The molecule has 166 valence electrons. The van der Waals surface area contributed by atoms with Gasteiger partial charge < -0.3 is 10.1 Å². The van der Waals surface area contributed by atoms with Crippen LogP contribution >= 0.6 is 23.1 Å². The molecule has 2 aromatic heterocycles. The SMILES string of the molecule is COC(=O)c1sc(NC(=O)CSc2nnc(-c3ccccc3)c(-c3ccccc3)n2)nc1C. The van der Waals surface area contributed by atoms with Crippen LogP contribution in [0.4, 0.5) is 5.13 Å². The molecule has 2 heterocycles. The Bertz CT molecular complexity index is 1280. The summed E-state index contributed by atoms with van der Waals surface area (Å²) in [5.74, 6) is -0.708. The number of aryl methyl sites for hydroxylation is 1. The molecule has 0 radical (unpaired) electrons. The predicted octanol–water partition coefficient (Wildman–Crippen LogP) is 4.49. The van der Waals surface area contributed by atoms with Gasteiger partial charge in [0, 0.05) is 11.1 Å². The van der Waals surface area contributed by atoms with Crippen LogP contribution in [0.15, 0.2) is 65.8 Å². The Balaban J connectivity index is 1.51. The van der Waals surface area contributed by atoms with Crippen LogP contribution in [0.3, 0.4) is 0 Å². The summed E-state index contributed by atoms with van der Waals surface area (Å²) in [6.45, 7) is 1.69. The first kappa shape index (κ1) is 22.6. The van der Waals surface area contributed by atoms with E-state index in [1.807, 2.05) is 60.7 Å². The first-order valence-corrected chi connectivity index (χ1v) is 11.7. The van der Waals surface area contributed by atoms with Gasteiger partial charge in [-0.2, -0.15) is 0 Å². The molecule has 4 rings (SSSR count). The molecule has 1 N–H and O–H groups in total. The Morgan fingerprint density at radius 2 is 1.58 bits per heavy atom. The quantitative estimate of drug-likeness (QED) is 0.307. The number of thiazole rings is 1. The molecule has 0 fully saturated rings. The van der Waals surface area contributed by atoms with E-state index in [2.05, 4.69) is 25.5 Å². The van der Waals surface area contributed by atoms with Crippen LogP contribution in [0.25, 0.3) is 22.5 Å². The number of amides is 1. The number of nitrogens with zero attached hydrogens (tertiary/aromatic N) is 4. The topological polar surface area (TPSA) is 107 Å². The van der Waals surface area contributed by atoms with Crippen LogP contribution < -0.4 is 5.32 Å². The van der Waals surface area contributed by atoms with E-state index in [0.717, 1.165) is 22.5 Å². The van der Waals surface area contributed by atoms with Crippen LogP contribution in [0.1, 0.15) is 15.4 Å². The van der Waals surface area contributed by atoms with E-state index in [1.165, 1.54) is 18.9 Å². The van der Waals surface area contributed by atoms with E-state index in [0.29, 0.717) is 32.2 Å². The summed E-state index contributed by atoms with van der Waals surface area (Å²) in [6, 6.07) is 19.4. The van der Waals surface area contributed by atoms with Gasteiger partial charge in [0.25, 0.3) is 0 Å². The summed E-state index contributed by atoms with van der Waals surface area (Å²) in [4.78, 5) is 33.4. The van der Waals surface area contributed by atoms with E-state index in [-0.39, 0.29) is 11.7 Å². The first-order valence-electron chi connectivity index (χ1n) is 9.89. The standard InChI is InChI=1S/C23H19N5O3S2/c1-14-20(21(30)31-2)33-22(24-14)25-17(29)13-32-23-26-18(15-9-5-3-6-10-15)19(27-28-23)16-11-7-4-8-12-16/h3-12H,13H2,1-2H3,(H,24,25,29). The van der Waals surface area contributed by atoms with Gasteiger partial charge in [-0.3, -0.25) is 4.79 Å². The molecule has 4 aromatic rings. The van der Waals surface area contributed by atoms with E-state index >= 15 is 0 Å². The molecule has 8 nitrogen and oxygen atoms in total. The lowest BCUT2D eigenvalue weighted by Gasteiger charge is -2.09. The fraction of sp³-hybridized carbons (Fsp3) is 0.130. The second kappa shape index (κ2) is 10.3. The number of carbonyl (C=O) groups is 2. The maximum absolute atomic E-state index is 12.4. The number of aromatic nitrogens is 4. The van der Waals surface area contributed by atoms with Crippen LogP contribution in [0, 0.1) is 6.92 Å². The number of methoxy groups -OCH3 is 1. The van der Waals surface area contributed by atoms with Gasteiger partial charge in [-0.25, -0.2) is 14.8 Å². The number of hydrogen-bond donors (Lipinski definition) is 1. The third-order valence-electron chi connectivity index (χ3n) is 4.51. The summed E-state index contributed by atoms with van der Waals surface area (Å²) in [7, 11) is 1.30. The minimum Gasteiger partial charge on any atom is -0.465 e. The van der Waals surface area contributed by atoms with Crippen molar-refractivity contribution in [1.29, 1.82) is 0 Å². The number of benzene rings is 2. The summed E-state index contributed by atoms with van der Waals surface area (Å²) < 4.78 is 4.72. The Morgan fingerprint density at radius 1 is 0.939 bits per heavy atom. The highest BCUT2D eigenvalue weighted by molar-refractivity contribution is 7.99. The lowest BCUT2D eigenvalue weighted by atomic mass is 10.0. The van der Waals surface area contributed by atoms with Crippen molar-refractivity contribution in [3.8, 4) is 22.5 Å². The second-order valence-electron chi connectivity index (χ2n) is 6.79. The van der Waals surface area contributed by atoms with Gasteiger partial charge in [-0.15, -0.1) is 10.2 Å². The first-order chi connectivity index (χ1) is 16.0. The average molecular weight is 478 g/mol. The molecule has 0 aliphatic heterocycles. The van der Waals surface area contributed by atoms with E-state index in [9.17, 15) is 9.59 Å². The third kappa shape index (κ3) is 5.41.